The Morgan fingerprint density at radius 2 is 2.05 bits per heavy atom. The number of carbonyl (C=O) groups is 1. The fourth-order valence-electron chi connectivity index (χ4n) is 2.48. The van der Waals surface area contributed by atoms with Crippen LogP contribution in [0.2, 0.25) is 5.02 Å². The van der Waals surface area contributed by atoms with E-state index in [1.807, 2.05) is 30.0 Å². The van der Waals surface area contributed by atoms with Crippen molar-refractivity contribution in [3.8, 4) is 0 Å². The van der Waals surface area contributed by atoms with E-state index in [-0.39, 0.29) is 5.91 Å². The van der Waals surface area contributed by atoms with Crippen LogP contribution in [0, 0.1) is 0 Å². The second-order valence-corrected chi connectivity index (χ2v) is 6.64. The molecule has 1 heterocycles. The van der Waals surface area contributed by atoms with E-state index in [1.54, 1.807) is 24.3 Å². The smallest absolute Gasteiger partial charge is 0.255 e. The third kappa shape index (κ3) is 3.23. The number of hydrogen-bond donors (Lipinski definition) is 1. The zero-order valence-corrected chi connectivity index (χ0v) is 13.9. The van der Waals surface area contributed by atoms with E-state index >= 15 is 0 Å². The first-order chi connectivity index (χ1) is 10.7. The maximum Gasteiger partial charge on any atom is 0.255 e. The summed E-state index contributed by atoms with van der Waals surface area (Å²) in [5, 5.41) is 3.56. The summed E-state index contributed by atoms with van der Waals surface area (Å²) in [6.07, 6.45) is 0. The Hall–Kier alpha value is -1.65. The Bertz CT molecular complexity index is 688. The molecule has 0 fully saturated rings. The second-order valence-electron chi connectivity index (χ2n) is 5.07. The molecule has 0 aromatic heterocycles. The minimum absolute atomic E-state index is 0.100. The van der Waals surface area contributed by atoms with Crippen LogP contribution < -0.4 is 10.2 Å². The van der Waals surface area contributed by atoms with Crippen LogP contribution in [0.15, 0.2) is 47.4 Å². The second kappa shape index (κ2) is 6.63. The number of carbonyl (C=O) groups excluding carboxylic acids is 1. The summed E-state index contributed by atoms with van der Waals surface area (Å²) in [5.74, 6) is 0.994. The van der Waals surface area contributed by atoms with E-state index in [1.165, 1.54) is 4.90 Å². The van der Waals surface area contributed by atoms with Crippen molar-refractivity contribution in [2.24, 2.45) is 0 Å². The summed E-state index contributed by atoms with van der Waals surface area (Å²) in [6.45, 7) is 4.12. The molecule has 0 radical (unpaired) electrons. The highest BCUT2D eigenvalue weighted by Crippen LogP contribution is 2.35. The van der Waals surface area contributed by atoms with E-state index < -0.39 is 0 Å². The van der Waals surface area contributed by atoms with Crippen LogP contribution in [0.3, 0.4) is 0 Å². The summed E-state index contributed by atoms with van der Waals surface area (Å²) in [4.78, 5) is 16.0. The molecule has 1 aliphatic rings. The van der Waals surface area contributed by atoms with Crippen LogP contribution in [0.1, 0.15) is 17.3 Å². The van der Waals surface area contributed by atoms with Crippen LogP contribution in [0.4, 0.5) is 11.4 Å². The lowest BCUT2D eigenvalue weighted by atomic mass is 10.1. The lowest BCUT2D eigenvalue weighted by Gasteiger charge is -2.30. The number of amides is 1. The normalized spacial score (nSPS) is 13.6. The highest BCUT2D eigenvalue weighted by molar-refractivity contribution is 7.99. The van der Waals surface area contributed by atoms with Crippen molar-refractivity contribution in [2.75, 3.05) is 29.1 Å². The lowest BCUT2D eigenvalue weighted by molar-refractivity contribution is 0.102. The predicted molar refractivity (Wildman–Crippen MR) is 94.5 cm³/mol. The Labute approximate surface area is 139 Å². The van der Waals surface area contributed by atoms with Gasteiger partial charge in [0.15, 0.2) is 0 Å². The van der Waals surface area contributed by atoms with E-state index in [4.69, 9.17) is 11.6 Å². The van der Waals surface area contributed by atoms with Gasteiger partial charge in [0.1, 0.15) is 0 Å². The molecule has 0 saturated heterocycles. The summed E-state index contributed by atoms with van der Waals surface area (Å²) in [6, 6.07) is 13.0. The highest BCUT2D eigenvalue weighted by Gasteiger charge is 2.18. The monoisotopic (exact) mass is 332 g/mol. The van der Waals surface area contributed by atoms with Crippen LogP contribution in [-0.2, 0) is 0 Å². The maximum absolute atomic E-state index is 12.4. The van der Waals surface area contributed by atoms with Crippen LogP contribution in [0.5, 0.6) is 0 Å². The van der Waals surface area contributed by atoms with Crippen molar-refractivity contribution in [3.05, 3.63) is 53.1 Å². The number of thioether (sulfide) groups is 1. The van der Waals surface area contributed by atoms with Crippen LogP contribution in [0.25, 0.3) is 0 Å². The zero-order chi connectivity index (χ0) is 15.5. The molecule has 3 rings (SSSR count). The Balaban J connectivity index is 1.82. The minimum Gasteiger partial charge on any atom is -0.370 e. The molecular formula is C17H17ClN2OS. The third-order valence-electron chi connectivity index (χ3n) is 3.66. The first-order valence-electron chi connectivity index (χ1n) is 7.26. The topological polar surface area (TPSA) is 32.3 Å². The first kappa shape index (κ1) is 15.3. The van der Waals surface area contributed by atoms with Gasteiger partial charge in [0.2, 0.25) is 0 Å². The molecule has 5 heteroatoms. The maximum atomic E-state index is 12.4. The first-order valence-corrected chi connectivity index (χ1v) is 8.62. The molecule has 0 aliphatic carbocycles. The Morgan fingerprint density at radius 1 is 1.27 bits per heavy atom. The highest BCUT2D eigenvalue weighted by atomic mass is 35.5. The summed E-state index contributed by atoms with van der Waals surface area (Å²) >= 11 is 7.70. The van der Waals surface area contributed by atoms with Crippen LogP contribution >= 0.6 is 23.4 Å². The average molecular weight is 333 g/mol. The molecular weight excluding hydrogens is 316 g/mol. The fraction of sp³-hybridized carbons (Fsp3) is 0.235. The number of rotatable bonds is 3. The molecule has 114 valence electrons. The molecule has 0 atom stereocenters. The van der Waals surface area contributed by atoms with Crippen molar-refractivity contribution in [1.82, 2.24) is 0 Å². The van der Waals surface area contributed by atoms with Crippen molar-refractivity contribution < 1.29 is 4.79 Å². The van der Waals surface area contributed by atoms with Gasteiger partial charge < -0.3 is 10.2 Å². The minimum atomic E-state index is -0.100. The number of nitrogens with one attached hydrogen (secondary N) is 1. The molecule has 3 nitrogen and oxygen atoms in total. The van der Waals surface area contributed by atoms with Crippen molar-refractivity contribution in [3.63, 3.8) is 0 Å². The largest absolute Gasteiger partial charge is 0.370 e. The van der Waals surface area contributed by atoms with E-state index in [0.29, 0.717) is 10.6 Å². The van der Waals surface area contributed by atoms with Crippen LogP contribution in [-0.4, -0.2) is 24.7 Å². The molecule has 0 spiro atoms. The van der Waals surface area contributed by atoms with E-state index in [0.717, 1.165) is 30.2 Å². The number of benzene rings is 2. The van der Waals surface area contributed by atoms with Gasteiger partial charge in [-0.2, -0.15) is 0 Å². The molecule has 1 aliphatic heterocycles. The van der Waals surface area contributed by atoms with Gasteiger partial charge in [0.05, 0.1) is 5.69 Å². The summed E-state index contributed by atoms with van der Waals surface area (Å²) < 4.78 is 0. The number of anilines is 2. The Morgan fingerprint density at radius 3 is 2.77 bits per heavy atom. The third-order valence-corrected chi connectivity index (χ3v) is 4.96. The Kier molecular flexibility index (Phi) is 4.60. The van der Waals surface area contributed by atoms with Gasteiger partial charge in [-0.25, -0.2) is 0 Å². The summed E-state index contributed by atoms with van der Waals surface area (Å²) in [7, 11) is 0. The number of hydrogen-bond acceptors (Lipinski definition) is 3. The summed E-state index contributed by atoms with van der Waals surface area (Å²) in [5.41, 5.74) is 2.57. The molecule has 22 heavy (non-hydrogen) atoms. The number of fused-ring (bicyclic) bond motifs is 1. The van der Waals surface area contributed by atoms with Crippen molar-refractivity contribution in [2.45, 2.75) is 11.8 Å². The van der Waals surface area contributed by atoms with Gasteiger partial charge in [-0.3, -0.25) is 4.79 Å². The van der Waals surface area contributed by atoms with Gasteiger partial charge in [0.25, 0.3) is 5.91 Å². The van der Waals surface area contributed by atoms with Gasteiger partial charge in [-0.05, 0) is 49.4 Å². The van der Waals surface area contributed by atoms with Crippen molar-refractivity contribution >= 4 is 40.6 Å². The molecule has 0 unspecified atom stereocenters. The van der Waals surface area contributed by atoms with Gasteiger partial charge >= 0.3 is 0 Å². The fourth-order valence-corrected chi connectivity index (χ4v) is 3.64. The molecule has 2 aromatic rings. The molecule has 1 N–H and O–H groups in total. The number of halogens is 1. The quantitative estimate of drug-likeness (QED) is 0.896. The predicted octanol–water partition coefficient (Wildman–Crippen LogP) is 4.52. The molecule has 0 saturated carbocycles. The molecule has 1 amide bonds. The van der Waals surface area contributed by atoms with E-state index in [2.05, 4.69) is 17.1 Å². The van der Waals surface area contributed by atoms with Gasteiger partial charge in [-0.1, -0.05) is 11.6 Å². The van der Waals surface area contributed by atoms with Crippen molar-refractivity contribution in [1.29, 1.82) is 0 Å². The molecule has 2 aromatic carbocycles. The lowest BCUT2D eigenvalue weighted by Crippen LogP contribution is -2.29. The van der Waals surface area contributed by atoms with E-state index in [9.17, 15) is 4.79 Å². The standard InChI is InChI=1S/C17H17ClN2OS/c1-2-20-9-10-22-16-8-3-12(11-15(16)20)17(21)19-14-6-4-13(18)5-7-14/h3-8,11H,2,9-10H2,1H3,(H,19,21). The number of nitrogens with zero attached hydrogens (tertiary/aromatic N) is 1. The van der Waals surface area contributed by atoms with Gasteiger partial charge in [0, 0.05) is 40.0 Å². The zero-order valence-electron chi connectivity index (χ0n) is 12.3. The average Bonchev–Trinajstić information content (AvgIpc) is 2.55. The van der Waals surface area contributed by atoms with Gasteiger partial charge in [-0.15, -0.1) is 11.8 Å². The molecule has 0 bridgehead atoms. The SMILES string of the molecule is CCN1CCSc2ccc(C(=O)Nc3ccc(Cl)cc3)cc21.